The maximum absolute atomic E-state index is 12.6. The number of H-pyrrole nitrogens is 1. The number of aromatic nitrogens is 1. The van der Waals surface area contributed by atoms with Gasteiger partial charge in [0.2, 0.25) is 0 Å². The highest BCUT2D eigenvalue weighted by molar-refractivity contribution is 5.98. The van der Waals surface area contributed by atoms with Crippen LogP contribution in [-0.2, 0) is 9.47 Å². The Morgan fingerprint density at radius 1 is 1.21 bits per heavy atom. The minimum atomic E-state index is -0.0784. The van der Waals surface area contributed by atoms with Gasteiger partial charge in [0.05, 0.1) is 32.5 Å². The molecule has 4 rings (SSSR count). The van der Waals surface area contributed by atoms with Crippen molar-refractivity contribution in [3.05, 3.63) is 30.0 Å². The van der Waals surface area contributed by atoms with Crippen LogP contribution in [0.4, 0.5) is 0 Å². The third-order valence-corrected chi connectivity index (χ3v) is 4.89. The van der Waals surface area contributed by atoms with Gasteiger partial charge in [0, 0.05) is 23.0 Å². The number of rotatable bonds is 3. The number of nitrogens with one attached hydrogen (secondary N) is 2. The van der Waals surface area contributed by atoms with E-state index in [0.717, 1.165) is 35.9 Å². The first-order valence-electron chi connectivity index (χ1n) is 8.44. The molecule has 2 aromatic rings. The minimum Gasteiger partial charge on any atom is -0.497 e. The number of ether oxygens (including phenoxy) is 3. The summed E-state index contributed by atoms with van der Waals surface area (Å²) >= 11 is 0. The molecular formula is C18H22N2O4. The van der Waals surface area contributed by atoms with E-state index in [0.29, 0.717) is 18.9 Å². The van der Waals surface area contributed by atoms with E-state index in [2.05, 4.69) is 10.3 Å². The molecule has 1 saturated heterocycles. The molecule has 6 heteroatoms. The second-order valence-electron chi connectivity index (χ2n) is 6.44. The Labute approximate surface area is 140 Å². The monoisotopic (exact) mass is 330 g/mol. The SMILES string of the molecule is COc1ccc2cc(C(=O)N[C@@H]3CC[C@@H]4OCCO[C@H]4C3)[nH]c2c1. The summed E-state index contributed by atoms with van der Waals surface area (Å²) in [4.78, 5) is 15.7. The summed E-state index contributed by atoms with van der Waals surface area (Å²) in [5.74, 6) is 0.689. The van der Waals surface area contributed by atoms with Gasteiger partial charge in [0.15, 0.2) is 0 Å². The average Bonchev–Trinajstić information content (AvgIpc) is 3.05. The van der Waals surface area contributed by atoms with Crippen molar-refractivity contribution in [1.29, 1.82) is 0 Å². The number of fused-ring (bicyclic) bond motifs is 2. The van der Waals surface area contributed by atoms with E-state index in [4.69, 9.17) is 14.2 Å². The number of aromatic amines is 1. The van der Waals surface area contributed by atoms with E-state index in [9.17, 15) is 4.79 Å². The first kappa shape index (κ1) is 15.5. The second kappa shape index (κ2) is 6.45. The first-order valence-corrected chi connectivity index (χ1v) is 8.44. The summed E-state index contributed by atoms with van der Waals surface area (Å²) in [5, 5.41) is 4.11. The Balaban J connectivity index is 1.44. The van der Waals surface area contributed by atoms with Crippen LogP contribution in [0.3, 0.4) is 0 Å². The standard InChI is InChI=1S/C18H22N2O4/c1-22-13-4-2-11-8-15(20-14(11)10-13)18(21)19-12-3-5-16-17(9-12)24-7-6-23-16/h2,4,8,10,12,16-17,20H,3,5-7,9H2,1H3,(H,19,21)/t12-,16+,17+/m1/s1. The van der Waals surface area contributed by atoms with Crippen LogP contribution in [0.1, 0.15) is 29.8 Å². The molecule has 1 aromatic heterocycles. The smallest absolute Gasteiger partial charge is 0.267 e. The molecule has 1 aliphatic heterocycles. The van der Waals surface area contributed by atoms with E-state index in [1.165, 1.54) is 0 Å². The molecule has 1 aliphatic carbocycles. The molecule has 1 aromatic carbocycles. The number of carbonyl (C=O) groups excluding carboxylic acids is 1. The maximum Gasteiger partial charge on any atom is 0.267 e. The summed E-state index contributed by atoms with van der Waals surface area (Å²) in [7, 11) is 1.63. The third-order valence-electron chi connectivity index (χ3n) is 4.89. The maximum atomic E-state index is 12.6. The van der Waals surface area contributed by atoms with Gasteiger partial charge < -0.3 is 24.5 Å². The van der Waals surface area contributed by atoms with Crippen LogP contribution in [0.15, 0.2) is 24.3 Å². The van der Waals surface area contributed by atoms with Gasteiger partial charge in [-0.25, -0.2) is 0 Å². The Bertz CT molecular complexity index is 742. The van der Waals surface area contributed by atoms with Gasteiger partial charge in [0.25, 0.3) is 5.91 Å². The summed E-state index contributed by atoms with van der Waals surface area (Å²) in [6.07, 6.45) is 2.95. The quantitative estimate of drug-likeness (QED) is 0.905. The zero-order valence-electron chi connectivity index (χ0n) is 13.7. The van der Waals surface area contributed by atoms with E-state index in [-0.39, 0.29) is 24.2 Å². The number of methoxy groups -OCH3 is 1. The van der Waals surface area contributed by atoms with Crippen molar-refractivity contribution in [3.63, 3.8) is 0 Å². The van der Waals surface area contributed by atoms with E-state index in [1.54, 1.807) is 7.11 Å². The molecule has 0 unspecified atom stereocenters. The highest BCUT2D eigenvalue weighted by Crippen LogP contribution is 2.27. The molecule has 2 heterocycles. The van der Waals surface area contributed by atoms with Crippen LogP contribution in [-0.4, -0.2) is 49.5 Å². The lowest BCUT2D eigenvalue weighted by Gasteiger charge is -2.39. The Morgan fingerprint density at radius 2 is 2.04 bits per heavy atom. The second-order valence-corrected chi connectivity index (χ2v) is 6.44. The van der Waals surface area contributed by atoms with Crippen molar-refractivity contribution < 1.29 is 19.0 Å². The summed E-state index contributed by atoms with van der Waals surface area (Å²) < 4.78 is 16.7. The predicted octanol–water partition coefficient (Wildman–Crippen LogP) is 2.24. The zero-order valence-corrected chi connectivity index (χ0v) is 13.7. The van der Waals surface area contributed by atoms with Gasteiger partial charge >= 0.3 is 0 Å². The van der Waals surface area contributed by atoms with Crippen molar-refractivity contribution in [1.82, 2.24) is 10.3 Å². The lowest BCUT2D eigenvalue weighted by Crippen LogP contribution is -2.49. The molecule has 1 amide bonds. The fraction of sp³-hybridized carbons (Fsp3) is 0.500. The molecule has 128 valence electrons. The largest absolute Gasteiger partial charge is 0.497 e. The number of hydrogen-bond donors (Lipinski definition) is 2. The number of hydrogen-bond acceptors (Lipinski definition) is 4. The lowest BCUT2D eigenvalue weighted by atomic mass is 9.89. The van der Waals surface area contributed by atoms with Gasteiger partial charge in [-0.2, -0.15) is 0 Å². The van der Waals surface area contributed by atoms with Gasteiger partial charge in [-0.15, -0.1) is 0 Å². The van der Waals surface area contributed by atoms with Crippen molar-refractivity contribution in [3.8, 4) is 5.75 Å². The zero-order chi connectivity index (χ0) is 16.5. The number of benzene rings is 1. The van der Waals surface area contributed by atoms with E-state index in [1.807, 2.05) is 24.3 Å². The summed E-state index contributed by atoms with van der Waals surface area (Å²) in [5.41, 5.74) is 1.47. The molecule has 0 bridgehead atoms. The molecule has 1 saturated carbocycles. The van der Waals surface area contributed by atoms with Gasteiger partial charge in [-0.05, 0) is 37.5 Å². The third kappa shape index (κ3) is 2.99. The molecule has 2 N–H and O–H groups in total. The molecule has 24 heavy (non-hydrogen) atoms. The molecule has 0 spiro atoms. The van der Waals surface area contributed by atoms with Crippen LogP contribution in [0.5, 0.6) is 5.75 Å². The van der Waals surface area contributed by atoms with Crippen molar-refractivity contribution in [2.24, 2.45) is 0 Å². The van der Waals surface area contributed by atoms with Crippen molar-refractivity contribution >= 4 is 16.8 Å². The summed E-state index contributed by atoms with van der Waals surface area (Å²) in [6.45, 7) is 1.32. The average molecular weight is 330 g/mol. The van der Waals surface area contributed by atoms with Crippen LogP contribution >= 0.6 is 0 Å². The minimum absolute atomic E-state index is 0.0784. The molecule has 0 radical (unpaired) electrons. The molecule has 2 fully saturated rings. The highest BCUT2D eigenvalue weighted by atomic mass is 16.6. The Hall–Kier alpha value is -2.05. The fourth-order valence-corrected chi connectivity index (χ4v) is 3.62. The fourth-order valence-electron chi connectivity index (χ4n) is 3.62. The molecule has 3 atom stereocenters. The molecular weight excluding hydrogens is 308 g/mol. The lowest BCUT2D eigenvalue weighted by molar-refractivity contribution is -0.157. The summed E-state index contributed by atoms with van der Waals surface area (Å²) in [6, 6.07) is 7.72. The Kier molecular flexibility index (Phi) is 4.16. The molecule has 6 nitrogen and oxygen atoms in total. The van der Waals surface area contributed by atoms with Crippen molar-refractivity contribution in [2.75, 3.05) is 20.3 Å². The topological polar surface area (TPSA) is 72.6 Å². The predicted molar refractivity (Wildman–Crippen MR) is 89.4 cm³/mol. The van der Waals surface area contributed by atoms with E-state index >= 15 is 0 Å². The van der Waals surface area contributed by atoms with Crippen LogP contribution in [0.25, 0.3) is 10.9 Å². The van der Waals surface area contributed by atoms with Crippen LogP contribution in [0, 0.1) is 0 Å². The molecule has 2 aliphatic rings. The van der Waals surface area contributed by atoms with Crippen LogP contribution in [0.2, 0.25) is 0 Å². The van der Waals surface area contributed by atoms with Gasteiger partial charge in [0.1, 0.15) is 11.4 Å². The van der Waals surface area contributed by atoms with Gasteiger partial charge in [-0.3, -0.25) is 4.79 Å². The Morgan fingerprint density at radius 3 is 2.88 bits per heavy atom. The van der Waals surface area contributed by atoms with Crippen molar-refractivity contribution in [2.45, 2.75) is 37.5 Å². The van der Waals surface area contributed by atoms with Crippen LogP contribution < -0.4 is 10.1 Å². The first-order chi connectivity index (χ1) is 11.7. The van der Waals surface area contributed by atoms with Gasteiger partial charge in [-0.1, -0.05) is 0 Å². The number of carbonyl (C=O) groups is 1. The highest BCUT2D eigenvalue weighted by Gasteiger charge is 2.34. The van der Waals surface area contributed by atoms with E-state index < -0.39 is 0 Å². The number of amides is 1. The normalized spacial score (nSPS) is 26.8.